The maximum Gasteiger partial charge on any atom is 0.291 e. The molecule has 0 aliphatic carbocycles. The number of nitrogens with zero attached hydrogens (tertiary/aromatic N) is 1. The average molecular weight is 298 g/mol. The fourth-order valence-corrected chi connectivity index (χ4v) is 2.21. The van der Waals surface area contributed by atoms with Crippen molar-refractivity contribution in [2.45, 2.75) is 0 Å². The van der Waals surface area contributed by atoms with E-state index in [-0.39, 0.29) is 24.2 Å². The highest BCUT2D eigenvalue weighted by molar-refractivity contribution is 6.03. The average Bonchev–Trinajstić information content (AvgIpc) is 3.05. The Morgan fingerprint density at radius 1 is 1.41 bits per heavy atom. The predicted octanol–water partition coefficient (Wildman–Crippen LogP) is 2.44. The number of carbonyl (C=O) groups excluding carboxylic acids is 2. The Morgan fingerprint density at radius 3 is 3.00 bits per heavy atom. The molecule has 0 spiro atoms. The number of benzene rings is 1. The molecule has 0 radical (unpaired) electrons. The van der Waals surface area contributed by atoms with Crippen LogP contribution in [0.3, 0.4) is 0 Å². The zero-order valence-corrected chi connectivity index (χ0v) is 11.7. The van der Waals surface area contributed by atoms with E-state index in [1.54, 1.807) is 41.3 Å². The lowest BCUT2D eigenvalue weighted by molar-refractivity contribution is -0.121. The van der Waals surface area contributed by atoms with Crippen LogP contribution in [0, 0.1) is 0 Å². The summed E-state index contributed by atoms with van der Waals surface area (Å²) in [5.74, 6) is 0.292. The van der Waals surface area contributed by atoms with Gasteiger partial charge in [0.1, 0.15) is 5.75 Å². The van der Waals surface area contributed by atoms with Crippen molar-refractivity contribution in [3.05, 3.63) is 55.0 Å². The number of hydrogen-bond acceptors (Lipinski definition) is 4. The van der Waals surface area contributed by atoms with Crippen LogP contribution in [-0.2, 0) is 4.79 Å². The first-order valence-corrected chi connectivity index (χ1v) is 6.72. The molecule has 2 amide bonds. The van der Waals surface area contributed by atoms with Gasteiger partial charge in [-0.1, -0.05) is 6.08 Å². The molecule has 0 unspecified atom stereocenters. The van der Waals surface area contributed by atoms with Crippen molar-refractivity contribution in [3.8, 4) is 5.75 Å². The van der Waals surface area contributed by atoms with Crippen molar-refractivity contribution in [1.82, 2.24) is 0 Å². The Bertz CT molecular complexity index is 722. The van der Waals surface area contributed by atoms with Crippen LogP contribution < -0.4 is 15.0 Å². The molecule has 6 nitrogen and oxygen atoms in total. The van der Waals surface area contributed by atoms with Crippen molar-refractivity contribution >= 4 is 23.2 Å². The molecule has 2 aromatic rings. The van der Waals surface area contributed by atoms with Gasteiger partial charge in [-0.25, -0.2) is 0 Å². The number of anilines is 2. The Labute approximate surface area is 127 Å². The van der Waals surface area contributed by atoms with Gasteiger partial charge < -0.3 is 19.4 Å². The highest BCUT2D eigenvalue weighted by Gasteiger charge is 2.25. The van der Waals surface area contributed by atoms with E-state index in [4.69, 9.17) is 9.15 Å². The van der Waals surface area contributed by atoms with Crippen LogP contribution >= 0.6 is 0 Å². The van der Waals surface area contributed by atoms with Crippen molar-refractivity contribution in [2.75, 3.05) is 23.4 Å². The van der Waals surface area contributed by atoms with Crippen LogP contribution in [-0.4, -0.2) is 25.0 Å². The van der Waals surface area contributed by atoms with E-state index in [0.29, 0.717) is 23.7 Å². The normalized spacial score (nSPS) is 13.3. The summed E-state index contributed by atoms with van der Waals surface area (Å²) in [5.41, 5.74) is 1.22. The van der Waals surface area contributed by atoms with Crippen LogP contribution in [0.4, 0.5) is 11.4 Å². The van der Waals surface area contributed by atoms with Gasteiger partial charge in [0.15, 0.2) is 12.4 Å². The third-order valence-electron chi connectivity index (χ3n) is 3.22. The number of rotatable bonds is 4. The summed E-state index contributed by atoms with van der Waals surface area (Å²) in [6, 6.07) is 8.34. The van der Waals surface area contributed by atoms with E-state index in [0.717, 1.165) is 0 Å². The zero-order chi connectivity index (χ0) is 15.5. The largest absolute Gasteiger partial charge is 0.481 e. The van der Waals surface area contributed by atoms with Crippen LogP contribution in [0.25, 0.3) is 0 Å². The second kappa shape index (κ2) is 5.77. The van der Waals surface area contributed by atoms with Gasteiger partial charge in [-0.15, -0.1) is 6.58 Å². The molecule has 0 saturated heterocycles. The number of furan rings is 1. The van der Waals surface area contributed by atoms with E-state index < -0.39 is 0 Å². The SMILES string of the molecule is C=CCN1C(=O)COc2cc(NC(=O)c3ccco3)ccc21. The Balaban J connectivity index is 1.83. The van der Waals surface area contributed by atoms with Crippen LogP contribution in [0.1, 0.15) is 10.6 Å². The summed E-state index contributed by atoms with van der Waals surface area (Å²) in [7, 11) is 0. The van der Waals surface area contributed by atoms with E-state index in [1.165, 1.54) is 6.26 Å². The lowest BCUT2D eigenvalue weighted by Gasteiger charge is -2.28. The summed E-state index contributed by atoms with van der Waals surface area (Å²) in [6.07, 6.45) is 3.09. The second-order valence-electron chi connectivity index (χ2n) is 4.70. The quantitative estimate of drug-likeness (QED) is 0.880. The van der Waals surface area contributed by atoms with Crippen LogP contribution in [0.5, 0.6) is 5.75 Å². The molecule has 0 atom stereocenters. The number of carbonyl (C=O) groups is 2. The molecule has 2 heterocycles. The maximum absolute atomic E-state index is 11.9. The molecule has 22 heavy (non-hydrogen) atoms. The van der Waals surface area contributed by atoms with Crippen molar-refractivity contribution in [1.29, 1.82) is 0 Å². The molecular formula is C16H14N2O4. The van der Waals surface area contributed by atoms with Crippen molar-refractivity contribution in [3.63, 3.8) is 0 Å². The monoisotopic (exact) mass is 298 g/mol. The minimum atomic E-state index is -0.347. The first-order valence-electron chi connectivity index (χ1n) is 6.72. The third kappa shape index (κ3) is 2.58. The summed E-state index contributed by atoms with van der Waals surface area (Å²) in [5, 5.41) is 2.72. The molecule has 1 N–H and O–H groups in total. The number of fused-ring (bicyclic) bond motifs is 1. The first-order chi connectivity index (χ1) is 10.7. The summed E-state index contributed by atoms with van der Waals surface area (Å²) >= 11 is 0. The molecule has 3 rings (SSSR count). The highest BCUT2D eigenvalue weighted by Crippen LogP contribution is 2.34. The van der Waals surface area contributed by atoms with Gasteiger partial charge in [0.25, 0.3) is 11.8 Å². The van der Waals surface area contributed by atoms with Gasteiger partial charge in [0.05, 0.1) is 12.0 Å². The molecule has 6 heteroatoms. The highest BCUT2D eigenvalue weighted by atomic mass is 16.5. The molecule has 1 aliphatic rings. The molecule has 1 aromatic carbocycles. The minimum absolute atomic E-state index is 0.0313. The van der Waals surface area contributed by atoms with Gasteiger partial charge >= 0.3 is 0 Å². The molecule has 1 aromatic heterocycles. The van der Waals surface area contributed by atoms with Gasteiger partial charge in [-0.3, -0.25) is 9.59 Å². The van der Waals surface area contributed by atoms with Gasteiger partial charge in [-0.2, -0.15) is 0 Å². The zero-order valence-electron chi connectivity index (χ0n) is 11.7. The molecule has 0 saturated carbocycles. The topological polar surface area (TPSA) is 71.8 Å². The number of ether oxygens (including phenoxy) is 1. The van der Waals surface area contributed by atoms with E-state index in [9.17, 15) is 9.59 Å². The fourth-order valence-electron chi connectivity index (χ4n) is 2.21. The van der Waals surface area contributed by atoms with Crippen LogP contribution in [0.2, 0.25) is 0 Å². The van der Waals surface area contributed by atoms with E-state index in [1.807, 2.05) is 0 Å². The summed E-state index contributed by atoms with van der Waals surface area (Å²) < 4.78 is 10.5. The summed E-state index contributed by atoms with van der Waals surface area (Å²) in [4.78, 5) is 25.4. The number of amides is 2. The maximum atomic E-state index is 11.9. The van der Waals surface area contributed by atoms with Crippen molar-refractivity contribution in [2.24, 2.45) is 0 Å². The summed E-state index contributed by atoms with van der Waals surface area (Å²) in [6.45, 7) is 4.02. The van der Waals surface area contributed by atoms with Gasteiger partial charge in [0, 0.05) is 18.3 Å². The van der Waals surface area contributed by atoms with E-state index in [2.05, 4.69) is 11.9 Å². The first kappa shape index (κ1) is 13.9. The lowest BCUT2D eigenvalue weighted by atomic mass is 10.2. The fraction of sp³-hybridized carbons (Fsp3) is 0.125. The third-order valence-corrected chi connectivity index (χ3v) is 3.22. The Hall–Kier alpha value is -3.02. The molecular weight excluding hydrogens is 284 g/mol. The lowest BCUT2D eigenvalue weighted by Crippen LogP contribution is -2.38. The molecule has 0 fully saturated rings. The number of nitrogens with one attached hydrogen (secondary N) is 1. The number of hydrogen-bond donors (Lipinski definition) is 1. The Kier molecular flexibility index (Phi) is 3.65. The smallest absolute Gasteiger partial charge is 0.291 e. The van der Waals surface area contributed by atoms with Crippen molar-refractivity contribution < 1.29 is 18.7 Å². The second-order valence-corrected chi connectivity index (χ2v) is 4.70. The molecule has 0 bridgehead atoms. The van der Waals surface area contributed by atoms with E-state index >= 15 is 0 Å². The van der Waals surface area contributed by atoms with Gasteiger partial charge in [-0.05, 0) is 24.3 Å². The minimum Gasteiger partial charge on any atom is -0.481 e. The van der Waals surface area contributed by atoms with Gasteiger partial charge in [0.2, 0.25) is 0 Å². The van der Waals surface area contributed by atoms with Crippen LogP contribution in [0.15, 0.2) is 53.7 Å². The molecule has 1 aliphatic heterocycles. The Morgan fingerprint density at radius 2 is 2.27 bits per heavy atom. The predicted molar refractivity (Wildman–Crippen MR) is 81.1 cm³/mol. The molecule has 112 valence electrons. The standard InChI is InChI=1S/C16H14N2O4/c1-2-7-18-12-6-5-11(9-14(12)22-10-15(18)19)17-16(20)13-4-3-8-21-13/h2-6,8-9H,1,7,10H2,(H,17,20).